The summed E-state index contributed by atoms with van der Waals surface area (Å²) >= 11 is 0. The van der Waals surface area contributed by atoms with Gasteiger partial charge in [0.2, 0.25) is 5.67 Å². The number of aromatic hydroxyl groups is 1. The molecule has 0 bridgehead atoms. The fraction of sp³-hybridized carbons (Fsp3) is 0.400. The molecule has 1 aromatic rings. The summed E-state index contributed by atoms with van der Waals surface area (Å²) in [5, 5.41) is 9.06. The highest BCUT2D eigenvalue weighted by Gasteiger charge is 2.59. The fourth-order valence-corrected chi connectivity index (χ4v) is 1.89. The summed E-state index contributed by atoms with van der Waals surface area (Å²) in [4.78, 5) is 0. The number of phenolic OH excluding ortho intramolecular Hbond substituents is 1. The molecule has 1 atom stereocenters. The van der Waals surface area contributed by atoms with Crippen LogP contribution in [0.5, 0.6) is 5.75 Å². The summed E-state index contributed by atoms with van der Waals surface area (Å²) in [6.07, 6.45) is -5.48. The number of phenols is 1. The Morgan fingerprint density at radius 3 is 2.53 bits per heavy atom. The van der Waals surface area contributed by atoms with Crippen LogP contribution in [0.15, 0.2) is 18.2 Å². The molecule has 1 N–H and O–H groups in total. The van der Waals surface area contributed by atoms with Gasteiger partial charge in [-0.05, 0) is 30.5 Å². The largest absolute Gasteiger partial charge is 0.508 e. The summed E-state index contributed by atoms with van der Waals surface area (Å²) < 4.78 is 51.3. The molecule has 0 radical (unpaired) electrons. The number of hydrogen-bond acceptors (Lipinski definition) is 1. The summed E-state index contributed by atoms with van der Waals surface area (Å²) in [5.74, 6) is -0.345. The van der Waals surface area contributed by atoms with Gasteiger partial charge in [-0.3, -0.25) is 0 Å². The zero-order valence-corrected chi connectivity index (χ0v) is 7.61. The molecule has 1 aliphatic carbocycles. The maximum Gasteiger partial charge on any atom is 0.426 e. The van der Waals surface area contributed by atoms with Gasteiger partial charge in [0.25, 0.3) is 0 Å². The standard InChI is InChI=1S/C10H8F4O/c11-9(10(12,13)14)4-3-6-1-2-7(15)5-8(6)9/h1-2,5,15H,3-4H2. The molecule has 0 saturated carbocycles. The van der Waals surface area contributed by atoms with Crippen molar-refractivity contribution >= 4 is 0 Å². The maximum atomic E-state index is 13.8. The number of rotatable bonds is 0. The van der Waals surface area contributed by atoms with E-state index in [-0.39, 0.29) is 12.2 Å². The number of aryl methyl sites for hydroxylation is 1. The van der Waals surface area contributed by atoms with Gasteiger partial charge < -0.3 is 5.11 Å². The van der Waals surface area contributed by atoms with E-state index in [4.69, 9.17) is 5.11 Å². The van der Waals surface area contributed by atoms with Crippen molar-refractivity contribution in [3.8, 4) is 5.75 Å². The minimum absolute atomic E-state index is 0.0472. The second kappa shape index (κ2) is 2.87. The van der Waals surface area contributed by atoms with Crippen LogP contribution in [0, 0.1) is 0 Å². The Morgan fingerprint density at radius 1 is 1.27 bits per heavy atom. The number of alkyl halides is 4. The van der Waals surface area contributed by atoms with Gasteiger partial charge >= 0.3 is 6.18 Å². The molecule has 0 saturated heterocycles. The number of fused-ring (bicyclic) bond motifs is 1. The second-order valence-corrected chi connectivity index (χ2v) is 3.64. The molecular formula is C10H8F4O. The lowest BCUT2D eigenvalue weighted by Gasteiger charge is -2.24. The average Bonchev–Trinajstić information content (AvgIpc) is 2.44. The predicted molar refractivity (Wildman–Crippen MR) is 45.3 cm³/mol. The van der Waals surface area contributed by atoms with Crippen LogP contribution in [0.1, 0.15) is 17.5 Å². The monoisotopic (exact) mass is 220 g/mol. The summed E-state index contributed by atoms with van der Waals surface area (Å²) in [6.45, 7) is 0. The van der Waals surface area contributed by atoms with E-state index in [0.29, 0.717) is 5.56 Å². The minimum atomic E-state index is -4.92. The van der Waals surface area contributed by atoms with Crippen LogP contribution in [0.25, 0.3) is 0 Å². The predicted octanol–water partition coefficient (Wildman–Crippen LogP) is 3.07. The van der Waals surface area contributed by atoms with Crippen LogP contribution in [-0.4, -0.2) is 11.3 Å². The van der Waals surface area contributed by atoms with Crippen molar-refractivity contribution in [2.75, 3.05) is 0 Å². The van der Waals surface area contributed by atoms with Gasteiger partial charge in [0, 0.05) is 5.56 Å². The van der Waals surface area contributed by atoms with Gasteiger partial charge in [-0.1, -0.05) is 6.07 Å². The van der Waals surface area contributed by atoms with E-state index in [2.05, 4.69) is 0 Å². The first-order valence-corrected chi connectivity index (χ1v) is 4.42. The number of halogens is 4. The Hall–Kier alpha value is -1.26. The van der Waals surface area contributed by atoms with Gasteiger partial charge in [-0.15, -0.1) is 0 Å². The molecule has 1 unspecified atom stereocenters. The molecule has 2 rings (SSSR count). The van der Waals surface area contributed by atoms with Crippen molar-refractivity contribution in [3.63, 3.8) is 0 Å². The van der Waals surface area contributed by atoms with Gasteiger partial charge in [-0.25, -0.2) is 4.39 Å². The highest BCUT2D eigenvalue weighted by Crippen LogP contribution is 2.51. The third-order valence-electron chi connectivity index (χ3n) is 2.71. The van der Waals surface area contributed by atoms with E-state index in [9.17, 15) is 17.6 Å². The van der Waals surface area contributed by atoms with Crippen molar-refractivity contribution < 1.29 is 22.7 Å². The zero-order chi connectivity index (χ0) is 11.3. The summed E-state index contributed by atoms with van der Waals surface area (Å²) in [7, 11) is 0. The molecule has 0 spiro atoms. The van der Waals surface area contributed by atoms with E-state index in [1.54, 1.807) is 0 Å². The third kappa shape index (κ3) is 1.37. The van der Waals surface area contributed by atoms with E-state index in [1.165, 1.54) is 12.1 Å². The normalized spacial score (nSPS) is 25.3. The molecule has 0 fully saturated rings. The van der Waals surface area contributed by atoms with Crippen LogP contribution in [0.2, 0.25) is 0 Å². The average molecular weight is 220 g/mol. The van der Waals surface area contributed by atoms with Crippen molar-refractivity contribution in [3.05, 3.63) is 29.3 Å². The minimum Gasteiger partial charge on any atom is -0.508 e. The third-order valence-corrected chi connectivity index (χ3v) is 2.71. The lowest BCUT2D eigenvalue weighted by molar-refractivity contribution is -0.234. The van der Waals surface area contributed by atoms with Crippen LogP contribution in [-0.2, 0) is 12.1 Å². The first kappa shape index (κ1) is 10.3. The molecule has 0 heterocycles. The Labute approximate surface area is 83.3 Å². The highest BCUT2D eigenvalue weighted by atomic mass is 19.4. The maximum absolute atomic E-state index is 13.8. The Kier molecular flexibility index (Phi) is 1.96. The van der Waals surface area contributed by atoms with E-state index in [1.807, 2.05) is 0 Å². The van der Waals surface area contributed by atoms with Crippen molar-refractivity contribution in [2.45, 2.75) is 24.7 Å². The molecule has 82 valence electrons. The molecule has 1 aromatic carbocycles. The van der Waals surface area contributed by atoms with Gasteiger partial charge in [0.15, 0.2) is 0 Å². The highest BCUT2D eigenvalue weighted by molar-refractivity contribution is 5.43. The Morgan fingerprint density at radius 2 is 1.93 bits per heavy atom. The van der Waals surface area contributed by atoms with Gasteiger partial charge in [-0.2, -0.15) is 13.2 Å². The quantitative estimate of drug-likeness (QED) is 0.666. The number of benzene rings is 1. The Balaban J connectivity index is 2.56. The molecule has 5 heteroatoms. The SMILES string of the molecule is Oc1ccc2c(c1)C(F)(C(F)(F)F)CC2. The van der Waals surface area contributed by atoms with Gasteiger partial charge in [0.1, 0.15) is 5.75 Å². The smallest absolute Gasteiger partial charge is 0.426 e. The summed E-state index contributed by atoms with van der Waals surface area (Å²) in [6, 6.07) is 3.45. The van der Waals surface area contributed by atoms with Crippen LogP contribution in [0.3, 0.4) is 0 Å². The lowest BCUT2D eigenvalue weighted by atomic mass is 9.97. The summed E-state index contributed by atoms with van der Waals surface area (Å²) in [5.41, 5.74) is -3.44. The first-order chi connectivity index (χ1) is 6.84. The molecule has 15 heavy (non-hydrogen) atoms. The lowest BCUT2D eigenvalue weighted by Crippen LogP contribution is -2.35. The van der Waals surface area contributed by atoms with Crippen molar-refractivity contribution in [1.29, 1.82) is 0 Å². The molecule has 0 aromatic heterocycles. The number of hydrogen-bond donors (Lipinski definition) is 1. The van der Waals surface area contributed by atoms with Crippen LogP contribution >= 0.6 is 0 Å². The second-order valence-electron chi connectivity index (χ2n) is 3.64. The van der Waals surface area contributed by atoms with E-state index < -0.39 is 23.8 Å². The van der Waals surface area contributed by atoms with Crippen molar-refractivity contribution in [2.24, 2.45) is 0 Å². The zero-order valence-electron chi connectivity index (χ0n) is 7.61. The Bertz CT molecular complexity index is 399. The molecule has 1 nitrogen and oxygen atoms in total. The van der Waals surface area contributed by atoms with Crippen molar-refractivity contribution in [1.82, 2.24) is 0 Å². The topological polar surface area (TPSA) is 20.2 Å². The van der Waals surface area contributed by atoms with Crippen LogP contribution in [0.4, 0.5) is 17.6 Å². The van der Waals surface area contributed by atoms with E-state index in [0.717, 1.165) is 6.07 Å². The molecule has 1 aliphatic rings. The van der Waals surface area contributed by atoms with E-state index >= 15 is 0 Å². The first-order valence-electron chi connectivity index (χ1n) is 4.42. The fourth-order valence-electron chi connectivity index (χ4n) is 1.89. The molecule has 0 aliphatic heterocycles. The molecule has 0 amide bonds. The van der Waals surface area contributed by atoms with Gasteiger partial charge in [0.05, 0.1) is 0 Å². The molecular weight excluding hydrogens is 212 g/mol. The van der Waals surface area contributed by atoms with Crippen LogP contribution < -0.4 is 0 Å².